The van der Waals surface area contributed by atoms with Crippen molar-refractivity contribution in [1.82, 2.24) is 35.2 Å². The van der Waals surface area contributed by atoms with Crippen LogP contribution in [0.3, 0.4) is 0 Å². The molecule has 3 heterocycles. The quantitative estimate of drug-likeness (QED) is 0.767. The topological polar surface area (TPSA) is 89.7 Å². The second-order valence-corrected chi connectivity index (χ2v) is 6.64. The van der Waals surface area contributed by atoms with Crippen LogP contribution in [0.4, 0.5) is 0 Å². The molecule has 8 nitrogen and oxygen atoms in total. The number of hydrogen-bond donors (Lipinski definition) is 2. The summed E-state index contributed by atoms with van der Waals surface area (Å²) in [6.07, 6.45) is 7.46. The van der Waals surface area contributed by atoms with Crippen LogP contribution in [0.5, 0.6) is 0 Å². The van der Waals surface area contributed by atoms with Crippen molar-refractivity contribution in [1.29, 1.82) is 0 Å². The van der Waals surface area contributed by atoms with Gasteiger partial charge >= 0.3 is 0 Å². The summed E-state index contributed by atoms with van der Waals surface area (Å²) in [7, 11) is 0. The molecule has 0 atom stereocenters. The minimum Gasteiger partial charge on any atom is -0.343 e. The van der Waals surface area contributed by atoms with Crippen molar-refractivity contribution < 1.29 is 4.79 Å². The van der Waals surface area contributed by atoms with Crippen LogP contribution in [0.2, 0.25) is 0 Å². The van der Waals surface area contributed by atoms with E-state index in [1.165, 1.54) is 0 Å². The zero-order valence-corrected chi connectivity index (χ0v) is 16.7. The molecule has 26 heavy (non-hydrogen) atoms. The van der Waals surface area contributed by atoms with E-state index in [9.17, 15) is 4.79 Å². The second kappa shape index (κ2) is 10.5. The molecule has 1 saturated heterocycles. The Hall–Kier alpha value is -1.64. The van der Waals surface area contributed by atoms with Gasteiger partial charge in [-0.1, -0.05) is 19.1 Å². The Kier molecular flexibility index (Phi) is 9.04. The van der Waals surface area contributed by atoms with Crippen LogP contribution < -0.4 is 10.6 Å². The Morgan fingerprint density at radius 2 is 2.08 bits per heavy atom. The molecule has 1 aliphatic heterocycles. The number of amides is 1. The summed E-state index contributed by atoms with van der Waals surface area (Å²) < 4.78 is 3.88. The molecule has 0 aromatic carbocycles. The van der Waals surface area contributed by atoms with Crippen LogP contribution in [0, 0.1) is 5.92 Å². The van der Waals surface area contributed by atoms with Crippen molar-refractivity contribution in [3.8, 4) is 0 Å². The van der Waals surface area contributed by atoms with Gasteiger partial charge in [-0.25, -0.2) is 9.67 Å². The van der Waals surface area contributed by atoms with E-state index in [1.807, 2.05) is 10.9 Å². The predicted octanol–water partition coefficient (Wildman–Crippen LogP) is 1.83. The fraction of sp³-hybridized carbons (Fsp3) is 0.625. The number of imidazole rings is 1. The number of halogens is 2. The molecule has 1 aliphatic rings. The third-order valence-corrected chi connectivity index (χ3v) is 4.20. The zero-order chi connectivity index (χ0) is 16.9. The van der Waals surface area contributed by atoms with Gasteiger partial charge in [0.25, 0.3) is 5.91 Å². The minimum atomic E-state index is -0.214. The van der Waals surface area contributed by atoms with Gasteiger partial charge in [0.1, 0.15) is 5.82 Å². The summed E-state index contributed by atoms with van der Waals surface area (Å²) in [5, 5.41) is 14.3. The maximum Gasteiger partial charge on any atom is 0.273 e. The lowest BCUT2D eigenvalue weighted by atomic mass is 10.1. The van der Waals surface area contributed by atoms with Gasteiger partial charge in [0.2, 0.25) is 0 Å². The van der Waals surface area contributed by atoms with Gasteiger partial charge in [0, 0.05) is 18.9 Å². The fourth-order valence-electron chi connectivity index (χ4n) is 2.95. The van der Waals surface area contributed by atoms with Gasteiger partial charge in [-0.15, -0.1) is 29.9 Å². The van der Waals surface area contributed by atoms with E-state index in [2.05, 4.69) is 44.3 Å². The molecule has 1 fully saturated rings. The molecule has 0 unspecified atom stereocenters. The molecule has 3 rings (SSSR count). The van der Waals surface area contributed by atoms with Crippen LogP contribution in [-0.4, -0.2) is 43.5 Å². The molecule has 0 spiro atoms. The normalized spacial score (nSPS) is 14.6. The van der Waals surface area contributed by atoms with E-state index in [0.717, 1.165) is 38.3 Å². The van der Waals surface area contributed by atoms with Crippen LogP contribution in [0.25, 0.3) is 0 Å². The molecule has 0 aliphatic carbocycles. The first kappa shape index (κ1) is 22.4. The van der Waals surface area contributed by atoms with Gasteiger partial charge in [0.15, 0.2) is 5.69 Å². The Morgan fingerprint density at radius 1 is 1.35 bits per heavy atom. The summed E-state index contributed by atoms with van der Waals surface area (Å²) in [5.41, 5.74) is 0.357. The maximum atomic E-state index is 12.3. The van der Waals surface area contributed by atoms with Crippen molar-refractivity contribution in [2.45, 2.75) is 45.8 Å². The highest BCUT2D eigenvalue weighted by Crippen LogP contribution is 2.17. The molecular formula is C16H27Cl2N7O. The minimum absolute atomic E-state index is 0. The smallest absolute Gasteiger partial charge is 0.273 e. The average molecular weight is 404 g/mol. The SMILES string of the molecule is CC(C)Cn1ccnc1CNC(=O)c1cn(C2CCNCC2)nn1.Cl.Cl. The lowest BCUT2D eigenvalue weighted by molar-refractivity contribution is 0.0944. The van der Waals surface area contributed by atoms with Crippen molar-refractivity contribution >= 4 is 30.7 Å². The third-order valence-electron chi connectivity index (χ3n) is 4.20. The van der Waals surface area contributed by atoms with Gasteiger partial charge in [0.05, 0.1) is 18.8 Å². The third kappa shape index (κ3) is 5.69. The lowest BCUT2D eigenvalue weighted by Crippen LogP contribution is -2.29. The van der Waals surface area contributed by atoms with Gasteiger partial charge in [-0.05, 0) is 31.8 Å². The summed E-state index contributed by atoms with van der Waals surface area (Å²) in [5.74, 6) is 1.16. The van der Waals surface area contributed by atoms with E-state index in [1.54, 1.807) is 12.4 Å². The first-order valence-electron chi connectivity index (χ1n) is 8.54. The van der Waals surface area contributed by atoms with Gasteiger partial charge in [-0.3, -0.25) is 4.79 Å². The van der Waals surface area contributed by atoms with Gasteiger partial charge in [-0.2, -0.15) is 0 Å². The highest BCUT2D eigenvalue weighted by atomic mass is 35.5. The zero-order valence-electron chi connectivity index (χ0n) is 15.1. The maximum absolute atomic E-state index is 12.3. The van der Waals surface area contributed by atoms with E-state index < -0.39 is 0 Å². The highest BCUT2D eigenvalue weighted by Gasteiger charge is 2.19. The van der Waals surface area contributed by atoms with Crippen LogP contribution >= 0.6 is 24.8 Å². The van der Waals surface area contributed by atoms with Crippen molar-refractivity contribution in [2.24, 2.45) is 5.92 Å². The van der Waals surface area contributed by atoms with Crippen LogP contribution in [0.1, 0.15) is 49.0 Å². The summed E-state index contributed by atoms with van der Waals surface area (Å²) in [4.78, 5) is 16.6. The van der Waals surface area contributed by atoms with E-state index in [0.29, 0.717) is 24.2 Å². The molecular weight excluding hydrogens is 377 g/mol. The molecule has 2 N–H and O–H groups in total. The van der Waals surface area contributed by atoms with Crippen molar-refractivity contribution in [3.05, 3.63) is 30.1 Å². The van der Waals surface area contributed by atoms with Crippen molar-refractivity contribution in [2.75, 3.05) is 13.1 Å². The summed E-state index contributed by atoms with van der Waals surface area (Å²) in [6, 6.07) is 0.324. The Bertz CT molecular complexity index is 680. The van der Waals surface area contributed by atoms with E-state index >= 15 is 0 Å². The fourth-order valence-corrected chi connectivity index (χ4v) is 2.95. The molecule has 2 aromatic heterocycles. The molecule has 2 aromatic rings. The summed E-state index contributed by atoms with van der Waals surface area (Å²) >= 11 is 0. The lowest BCUT2D eigenvalue weighted by Gasteiger charge is -2.22. The molecule has 0 bridgehead atoms. The number of nitrogens with one attached hydrogen (secondary N) is 2. The standard InChI is InChI=1S/C16H25N7O.2ClH/c1-12(2)10-22-8-7-18-15(22)9-19-16(24)14-11-23(21-20-14)13-3-5-17-6-4-13;;/h7-8,11-13,17H,3-6,9-10H2,1-2H3,(H,19,24);2*1H. The molecule has 146 valence electrons. The van der Waals surface area contributed by atoms with Crippen LogP contribution in [0.15, 0.2) is 18.6 Å². The second-order valence-electron chi connectivity index (χ2n) is 6.64. The number of carbonyl (C=O) groups is 1. The number of hydrogen-bond acceptors (Lipinski definition) is 5. The molecule has 0 saturated carbocycles. The molecule has 10 heteroatoms. The Labute approximate surface area is 165 Å². The highest BCUT2D eigenvalue weighted by molar-refractivity contribution is 5.91. The first-order chi connectivity index (χ1) is 11.6. The van der Waals surface area contributed by atoms with E-state index in [-0.39, 0.29) is 30.7 Å². The van der Waals surface area contributed by atoms with Gasteiger partial charge < -0.3 is 15.2 Å². The average Bonchev–Trinajstić information content (AvgIpc) is 3.22. The monoisotopic (exact) mass is 403 g/mol. The van der Waals surface area contributed by atoms with E-state index in [4.69, 9.17) is 0 Å². The Morgan fingerprint density at radius 3 is 2.77 bits per heavy atom. The van der Waals surface area contributed by atoms with Crippen molar-refractivity contribution in [3.63, 3.8) is 0 Å². The first-order valence-corrected chi connectivity index (χ1v) is 8.54. The number of nitrogens with zero attached hydrogens (tertiary/aromatic N) is 5. The molecule has 0 radical (unpaired) electrons. The number of aromatic nitrogens is 5. The number of piperidine rings is 1. The molecule has 1 amide bonds. The number of carbonyl (C=O) groups excluding carboxylic acids is 1. The Balaban J connectivity index is 0.00000169. The predicted molar refractivity (Wildman–Crippen MR) is 104 cm³/mol. The number of rotatable bonds is 6. The largest absolute Gasteiger partial charge is 0.343 e. The van der Waals surface area contributed by atoms with Crippen LogP contribution in [-0.2, 0) is 13.1 Å². The summed E-state index contributed by atoms with van der Waals surface area (Å²) in [6.45, 7) is 7.54.